The van der Waals surface area contributed by atoms with Gasteiger partial charge in [-0.25, -0.2) is 14.2 Å². The lowest BCUT2D eigenvalue weighted by atomic mass is 10.2. The zero-order valence-electron chi connectivity index (χ0n) is 11.2. The average molecular weight is 317 g/mol. The lowest BCUT2D eigenvalue weighted by Crippen LogP contribution is -1.97. The number of hydrogen-bond acceptors (Lipinski definition) is 2. The van der Waals surface area contributed by atoms with Crippen molar-refractivity contribution in [3.8, 4) is 17.1 Å². The Balaban J connectivity index is 2.25. The van der Waals surface area contributed by atoms with Crippen LogP contribution in [0.1, 0.15) is 10.5 Å². The molecule has 0 spiro atoms. The predicted molar refractivity (Wildman–Crippen MR) is 80.9 cm³/mol. The molecule has 0 bridgehead atoms. The molecule has 4 nitrogen and oxygen atoms in total. The molecule has 0 saturated heterocycles. The van der Waals surface area contributed by atoms with Crippen molar-refractivity contribution in [1.29, 1.82) is 0 Å². The molecule has 22 heavy (non-hydrogen) atoms. The standard InChI is InChI=1S/C16H10ClFN2O2/c17-13-7-2-1-6-12(13)15-19-14(16(21)22)9-20(15)11-5-3-4-10(18)8-11/h1-9H,(H,21,22). The summed E-state index contributed by atoms with van der Waals surface area (Å²) in [6.07, 6.45) is 1.34. The van der Waals surface area contributed by atoms with Crippen molar-refractivity contribution in [3.63, 3.8) is 0 Å². The fourth-order valence-electron chi connectivity index (χ4n) is 2.14. The average Bonchev–Trinajstić information content (AvgIpc) is 2.93. The highest BCUT2D eigenvalue weighted by Gasteiger charge is 2.17. The van der Waals surface area contributed by atoms with Crippen LogP contribution < -0.4 is 0 Å². The monoisotopic (exact) mass is 316 g/mol. The van der Waals surface area contributed by atoms with Gasteiger partial charge in [-0.3, -0.25) is 4.57 Å². The number of rotatable bonds is 3. The topological polar surface area (TPSA) is 55.1 Å². The van der Waals surface area contributed by atoms with Gasteiger partial charge in [-0.15, -0.1) is 0 Å². The highest BCUT2D eigenvalue weighted by molar-refractivity contribution is 6.33. The van der Waals surface area contributed by atoms with Gasteiger partial charge in [-0.05, 0) is 30.3 Å². The third-order valence-corrected chi connectivity index (χ3v) is 3.46. The highest BCUT2D eigenvalue weighted by Crippen LogP contribution is 2.29. The number of carbonyl (C=O) groups is 1. The third-order valence-electron chi connectivity index (χ3n) is 3.13. The van der Waals surface area contributed by atoms with Gasteiger partial charge in [0.05, 0.1) is 5.02 Å². The number of aromatic nitrogens is 2. The molecule has 110 valence electrons. The minimum atomic E-state index is -1.16. The molecule has 6 heteroatoms. The zero-order valence-corrected chi connectivity index (χ0v) is 12.0. The van der Waals surface area contributed by atoms with E-state index >= 15 is 0 Å². The van der Waals surface area contributed by atoms with Crippen LogP contribution in [0.5, 0.6) is 0 Å². The Morgan fingerprint density at radius 3 is 2.64 bits per heavy atom. The van der Waals surface area contributed by atoms with Gasteiger partial charge >= 0.3 is 5.97 Å². The minimum absolute atomic E-state index is 0.140. The number of nitrogens with zero attached hydrogens (tertiary/aromatic N) is 2. The van der Waals surface area contributed by atoms with Crippen molar-refractivity contribution in [2.24, 2.45) is 0 Å². The molecule has 0 amide bonds. The van der Waals surface area contributed by atoms with Crippen LogP contribution in [0.15, 0.2) is 54.7 Å². The summed E-state index contributed by atoms with van der Waals surface area (Å²) in [6.45, 7) is 0. The Morgan fingerprint density at radius 2 is 1.95 bits per heavy atom. The van der Waals surface area contributed by atoms with Crippen LogP contribution in [-0.2, 0) is 0 Å². The van der Waals surface area contributed by atoms with Crippen LogP contribution in [0.3, 0.4) is 0 Å². The number of carboxylic acid groups (broad SMARTS) is 1. The van der Waals surface area contributed by atoms with Gasteiger partial charge in [0.1, 0.15) is 11.6 Å². The second kappa shape index (κ2) is 5.61. The fourth-order valence-corrected chi connectivity index (χ4v) is 2.36. The van der Waals surface area contributed by atoms with Crippen molar-refractivity contribution in [2.45, 2.75) is 0 Å². The molecule has 0 unspecified atom stereocenters. The Labute approximate surface area is 130 Å². The first-order valence-electron chi connectivity index (χ1n) is 6.40. The molecule has 0 radical (unpaired) electrons. The summed E-state index contributed by atoms with van der Waals surface area (Å²) >= 11 is 6.16. The fraction of sp³-hybridized carbons (Fsp3) is 0. The SMILES string of the molecule is O=C(O)c1cn(-c2cccc(F)c2)c(-c2ccccc2Cl)n1. The van der Waals surface area contributed by atoms with E-state index in [1.165, 1.54) is 22.9 Å². The Hall–Kier alpha value is -2.66. The van der Waals surface area contributed by atoms with Crippen molar-refractivity contribution in [2.75, 3.05) is 0 Å². The quantitative estimate of drug-likeness (QED) is 0.793. The first kappa shape index (κ1) is 14.3. The number of carboxylic acids is 1. The van der Waals surface area contributed by atoms with Crippen LogP contribution in [0.4, 0.5) is 4.39 Å². The van der Waals surface area contributed by atoms with Crippen molar-refractivity contribution in [1.82, 2.24) is 9.55 Å². The smallest absolute Gasteiger partial charge is 0.356 e. The zero-order chi connectivity index (χ0) is 15.7. The van der Waals surface area contributed by atoms with Crippen molar-refractivity contribution >= 4 is 17.6 Å². The van der Waals surface area contributed by atoms with E-state index in [-0.39, 0.29) is 5.69 Å². The van der Waals surface area contributed by atoms with E-state index in [0.717, 1.165) is 0 Å². The van der Waals surface area contributed by atoms with Crippen LogP contribution in [0, 0.1) is 5.82 Å². The second-order valence-electron chi connectivity index (χ2n) is 4.58. The number of benzene rings is 2. The number of imidazole rings is 1. The Bertz CT molecular complexity index is 861. The van der Waals surface area contributed by atoms with Crippen LogP contribution >= 0.6 is 11.6 Å². The van der Waals surface area contributed by atoms with E-state index in [1.54, 1.807) is 36.4 Å². The highest BCUT2D eigenvalue weighted by atomic mass is 35.5. The van der Waals surface area contributed by atoms with E-state index in [0.29, 0.717) is 22.1 Å². The van der Waals surface area contributed by atoms with Gasteiger partial charge < -0.3 is 5.11 Å². The molecule has 0 aliphatic carbocycles. The molecule has 3 rings (SSSR count). The maximum Gasteiger partial charge on any atom is 0.356 e. The molecule has 1 aromatic heterocycles. The summed E-state index contributed by atoms with van der Waals surface area (Å²) in [6, 6.07) is 12.8. The summed E-state index contributed by atoms with van der Waals surface area (Å²) in [7, 11) is 0. The Morgan fingerprint density at radius 1 is 1.18 bits per heavy atom. The van der Waals surface area contributed by atoms with Crippen molar-refractivity contribution in [3.05, 3.63) is 71.3 Å². The minimum Gasteiger partial charge on any atom is -0.476 e. The van der Waals surface area contributed by atoms with Gasteiger partial charge in [0.2, 0.25) is 0 Å². The van der Waals surface area contributed by atoms with Crippen molar-refractivity contribution < 1.29 is 14.3 Å². The summed E-state index contributed by atoms with van der Waals surface area (Å²) in [5.41, 5.74) is 0.898. The van der Waals surface area contributed by atoms with E-state index in [9.17, 15) is 9.18 Å². The molecule has 1 N–H and O–H groups in total. The summed E-state index contributed by atoms with van der Waals surface area (Å²) in [5, 5.41) is 9.59. The summed E-state index contributed by atoms with van der Waals surface area (Å²) < 4.78 is 15.0. The van der Waals surface area contributed by atoms with Crippen LogP contribution in [0.25, 0.3) is 17.1 Å². The van der Waals surface area contributed by atoms with Gasteiger partial charge in [0.15, 0.2) is 5.69 Å². The molecule has 0 atom stereocenters. The molecule has 3 aromatic rings. The largest absolute Gasteiger partial charge is 0.476 e. The molecular weight excluding hydrogens is 307 g/mol. The molecule has 1 heterocycles. The first-order chi connectivity index (χ1) is 10.6. The van der Waals surface area contributed by atoms with Gasteiger partial charge in [-0.2, -0.15) is 0 Å². The third kappa shape index (κ3) is 2.58. The molecular formula is C16H10ClFN2O2. The number of aromatic carboxylic acids is 1. The lowest BCUT2D eigenvalue weighted by molar-refractivity contribution is 0.0691. The van der Waals surface area contributed by atoms with Gasteiger partial charge in [-0.1, -0.05) is 29.8 Å². The molecule has 0 aliphatic heterocycles. The van der Waals surface area contributed by atoms with Crippen LogP contribution in [-0.4, -0.2) is 20.6 Å². The molecule has 0 aliphatic rings. The molecule has 0 saturated carbocycles. The lowest BCUT2D eigenvalue weighted by Gasteiger charge is -2.09. The molecule has 0 fully saturated rings. The van der Waals surface area contributed by atoms with Gasteiger partial charge in [0, 0.05) is 17.4 Å². The predicted octanol–water partition coefficient (Wildman–Crippen LogP) is 4.03. The normalized spacial score (nSPS) is 10.6. The maximum atomic E-state index is 13.5. The maximum absolute atomic E-state index is 13.5. The Kier molecular flexibility index (Phi) is 3.65. The number of halogens is 2. The van der Waals surface area contributed by atoms with E-state index in [4.69, 9.17) is 16.7 Å². The summed E-state index contributed by atoms with van der Waals surface area (Å²) in [4.78, 5) is 15.3. The van der Waals surface area contributed by atoms with Gasteiger partial charge in [0.25, 0.3) is 0 Å². The first-order valence-corrected chi connectivity index (χ1v) is 6.77. The second-order valence-corrected chi connectivity index (χ2v) is 4.99. The molecule has 2 aromatic carbocycles. The number of hydrogen-bond donors (Lipinski definition) is 1. The summed E-state index contributed by atoms with van der Waals surface area (Å²) in [5.74, 6) is -1.25. The van der Waals surface area contributed by atoms with Crippen LogP contribution in [0.2, 0.25) is 5.02 Å². The van der Waals surface area contributed by atoms with E-state index in [1.807, 2.05) is 0 Å². The van der Waals surface area contributed by atoms with E-state index in [2.05, 4.69) is 4.98 Å². The van der Waals surface area contributed by atoms with E-state index < -0.39 is 11.8 Å².